The summed E-state index contributed by atoms with van der Waals surface area (Å²) in [4.78, 5) is 15.9. The number of likely N-dealkylation sites (N-methyl/N-ethyl adjacent to an activating group) is 1. The molecule has 2 aromatic carbocycles. The average Bonchev–Trinajstić information content (AvgIpc) is 2.97. The fourth-order valence-electron chi connectivity index (χ4n) is 2.63. The summed E-state index contributed by atoms with van der Waals surface area (Å²) >= 11 is 0. The van der Waals surface area contributed by atoms with Crippen molar-refractivity contribution in [1.29, 1.82) is 5.41 Å². The summed E-state index contributed by atoms with van der Waals surface area (Å²) in [6, 6.07) is 10.8. The maximum absolute atomic E-state index is 11.4. The van der Waals surface area contributed by atoms with E-state index in [2.05, 4.69) is 15.6 Å². The predicted molar refractivity (Wildman–Crippen MR) is 106 cm³/mol. The highest BCUT2D eigenvalue weighted by atomic mass is 32.2. The molecule has 0 radical (unpaired) electrons. The average molecular weight is 401 g/mol. The van der Waals surface area contributed by atoms with Crippen LogP contribution in [-0.2, 0) is 16.6 Å². The molecule has 7 N–H and O–H groups in total. The number of carbonyl (C=O) groups excluding carboxylic acids is 1. The van der Waals surface area contributed by atoms with Crippen molar-refractivity contribution in [1.82, 2.24) is 14.9 Å². The van der Waals surface area contributed by atoms with Crippen LogP contribution in [0.2, 0.25) is 0 Å². The predicted octanol–water partition coefficient (Wildman–Crippen LogP) is 0.723. The van der Waals surface area contributed by atoms with Gasteiger partial charge in [-0.15, -0.1) is 0 Å². The molecule has 28 heavy (non-hydrogen) atoms. The highest BCUT2D eigenvalue weighted by Crippen LogP contribution is 2.24. The van der Waals surface area contributed by atoms with Crippen LogP contribution in [0.1, 0.15) is 10.4 Å². The Kier molecular flexibility index (Phi) is 5.03. The van der Waals surface area contributed by atoms with Crippen molar-refractivity contribution in [3.8, 4) is 0 Å². The SMILES string of the molecule is CNC(=N)Cn1c(Nc2ccc(S(N)(=O)=O)cc2)nc2cc(C(N)=O)ccc21. The molecule has 1 amide bonds. The lowest BCUT2D eigenvalue weighted by atomic mass is 10.2. The number of rotatable bonds is 6. The molecule has 1 aromatic heterocycles. The summed E-state index contributed by atoms with van der Waals surface area (Å²) in [7, 11) is -2.14. The van der Waals surface area contributed by atoms with E-state index in [1.807, 2.05) is 0 Å². The largest absolute Gasteiger partial charge is 0.376 e. The number of nitrogens with zero attached hydrogens (tertiary/aromatic N) is 2. The molecule has 0 spiro atoms. The number of anilines is 2. The van der Waals surface area contributed by atoms with Gasteiger partial charge in [-0.05, 0) is 42.5 Å². The summed E-state index contributed by atoms with van der Waals surface area (Å²) in [5.41, 5.74) is 7.47. The van der Waals surface area contributed by atoms with Gasteiger partial charge in [0, 0.05) is 18.3 Å². The van der Waals surface area contributed by atoms with Gasteiger partial charge < -0.3 is 20.9 Å². The van der Waals surface area contributed by atoms with Crippen LogP contribution in [-0.4, -0.2) is 36.8 Å². The molecule has 0 saturated heterocycles. The fourth-order valence-corrected chi connectivity index (χ4v) is 3.15. The number of fused-ring (bicyclic) bond motifs is 1. The number of hydrogen-bond acceptors (Lipinski definition) is 6. The minimum atomic E-state index is -3.78. The van der Waals surface area contributed by atoms with Gasteiger partial charge in [-0.2, -0.15) is 0 Å². The Labute approximate surface area is 161 Å². The Bertz CT molecular complexity index is 1170. The van der Waals surface area contributed by atoms with E-state index in [1.165, 1.54) is 12.1 Å². The minimum Gasteiger partial charge on any atom is -0.376 e. The van der Waals surface area contributed by atoms with Gasteiger partial charge in [0.25, 0.3) is 0 Å². The van der Waals surface area contributed by atoms with Crippen molar-refractivity contribution >= 4 is 44.4 Å². The van der Waals surface area contributed by atoms with Gasteiger partial charge in [-0.25, -0.2) is 18.5 Å². The third kappa shape index (κ3) is 3.94. The maximum atomic E-state index is 11.4. The standard InChI is InChI=1S/C17H19N7O3S/c1-21-15(18)9-24-14-7-2-10(16(19)25)8-13(14)23-17(24)22-11-3-5-12(6-4-11)28(20,26)27/h2-8H,9H2,1H3,(H2,18,21)(H2,19,25)(H,22,23)(H2,20,26,27). The Morgan fingerprint density at radius 1 is 1.21 bits per heavy atom. The molecule has 146 valence electrons. The van der Waals surface area contributed by atoms with Crippen molar-refractivity contribution in [3.05, 3.63) is 48.0 Å². The summed E-state index contributed by atoms with van der Waals surface area (Å²) in [6.07, 6.45) is 0. The molecular weight excluding hydrogens is 382 g/mol. The molecule has 3 rings (SSSR count). The van der Waals surface area contributed by atoms with Gasteiger partial charge in [0.1, 0.15) is 5.84 Å². The van der Waals surface area contributed by atoms with E-state index < -0.39 is 15.9 Å². The first kappa shape index (κ1) is 19.3. The van der Waals surface area contributed by atoms with E-state index in [4.69, 9.17) is 16.3 Å². The van der Waals surface area contributed by atoms with Crippen LogP contribution >= 0.6 is 0 Å². The number of aromatic nitrogens is 2. The van der Waals surface area contributed by atoms with Gasteiger partial charge in [-0.3, -0.25) is 10.2 Å². The number of benzene rings is 2. The molecular formula is C17H19N7O3S. The first-order chi connectivity index (χ1) is 13.2. The Hall–Kier alpha value is -3.44. The molecule has 3 aromatic rings. The second-order valence-electron chi connectivity index (χ2n) is 6.01. The monoisotopic (exact) mass is 401 g/mol. The quantitative estimate of drug-likeness (QED) is 0.301. The zero-order chi connectivity index (χ0) is 20.5. The van der Waals surface area contributed by atoms with Crippen LogP contribution in [0, 0.1) is 5.41 Å². The smallest absolute Gasteiger partial charge is 0.248 e. The summed E-state index contributed by atoms with van der Waals surface area (Å²) < 4.78 is 24.5. The number of nitrogens with one attached hydrogen (secondary N) is 3. The second kappa shape index (κ2) is 7.29. The normalized spacial score (nSPS) is 11.4. The third-order valence-electron chi connectivity index (χ3n) is 4.09. The van der Waals surface area contributed by atoms with Crippen molar-refractivity contribution in [2.24, 2.45) is 10.9 Å². The number of primary sulfonamides is 1. The number of hydrogen-bond donors (Lipinski definition) is 5. The van der Waals surface area contributed by atoms with E-state index in [1.54, 1.807) is 41.9 Å². The number of primary amides is 1. The van der Waals surface area contributed by atoms with Crippen LogP contribution in [0.5, 0.6) is 0 Å². The van der Waals surface area contributed by atoms with E-state index >= 15 is 0 Å². The number of carbonyl (C=O) groups is 1. The number of amides is 1. The molecule has 0 saturated carbocycles. The highest BCUT2D eigenvalue weighted by molar-refractivity contribution is 7.89. The maximum Gasteiger partial charge on any atom is 0.248 e. The second-order valence-corrected chi connectivity index (χ2v) is 7.57. The van der Waals surface area contributed by atoms with Crippen molar-refractivity contribution < 1.29 is 13.2 Å². The molecule has 11 heteroatoms. The molecule has 0 aliphatic carbocycles. The Morgan fingerprint density at radius 3 is 2.46 bits per heavy atom. The number of nitrogens with two attached hydrogens (primary N) is 2. The molecule has 0 bridgehead atoms. The van der Waals surface area contributed by atoms with Crippen LogP contribution in [0.3, 0.4) is 0 Å². The highest BCUT2D eigenvalue weighted by Gasteiger charge is 2.15. The minimum absolute atomic E-state index is 0.00499. The number of amidine groups is 1. The zero-order valence-electron chi connectivity index (χ0n) is 14.9. The van der Waals surface area contributed by atoms with Crippen LogP contribution < -0.4 is 21.5 Å². The Morgan fingerprint density at radius 2 is 1.89 bits per heavy atom. The van der Waals surface area contributed by atoms with Gasteiger partial charge in [0.2, 0.25) is 21.9 Å². The third-order valence-corrected chi connectivity index (χ3v) is 5.02. The lowest BCUT2D eigenvalue weighted by Gasteiger charge is -2.12. The van der Waals surface area contributed by atoms with Crippen LogP contribution in [0.25, 0.3) is 11.0 Å². The Balaban J connectivity index is 2.04. The fraction of sp³-hybridized carbons (Fsp3) is 0.118. The number of sulfonamides is 1. The molecule has 0 fully saturated rings. The van der Waals surface area contributed by atoms with Crippen molar-refractivity contribution in [2.75, 3.05) is 12.4 Å². The lowest BCUT2D eigenvalue weighted by molar-refractivity contribution is 0.100. The first-order valence-electron chi connectivity index (χ1n) is 8.14. The van der Waals surface area contributed by atoms with Gasteiger partial charge in [-0.1, -0.05) is 0 Å². The zero-order valence-corrected chi connectivity index (χ0v) is 15.7. The molecule has 1 heterocycles. The van der Waals surface area contributed by atoms with Gasteiger partial charge in [0.05, 0.1) is 22.5 Å². The topological polar surface area (TPSA) is 169 Å². The number of imidazole rings is 1. The summed E-state index contributed by atoms with van der Waals surface area (Å²) in [5, 5.41) is 18.9. The first-order valence-corrected chi connectivity index (χ1v) is 9.69. The summed E-state index contributed by atoms with van der Waals surface area (Å²) in [5.74, 6) is 0.110. The lowest BCUT2D eigenvalue weighted by Crippen LogP contribution is -2.23. The molecule has 0 aliphatic rings. The summed E-state index contributed by atoms with van der Waals surface area (Å²) in [6.45, 7) is 0.209. The van der Waals surface area contributed by atoms with E-state index in [0.717, 1.165) is 0 Å². The van der Waals surface area contributed by atoms with Crippen LogP contribution in [0.15, 0.2) is 47.4 Å². The van der Waals surface area contributed by atoms with Crippen molar-refractivity contribution in [3.63, 3.8) is 0 Å². The van der Waals surface area contributed by atoms with Gasteiger partial charge in [0.15, 0.2) is 0 Å². The molecule has 0 unspecified atom stereocenters. The molecule has 0 aliphatic heterocycles. The van der Waals surface area contributed by atoms with Gasteiger partial charge >= 0.3 is 0 Å². The van der Waals surface area contributed by atoms with Crippen molar-refractivity contribution in [2.45, 2.75) is 11.4 Å². The van der Waals surface area contributed by atoms with E-state index in [0.29, 0.717) is 28.2 Å². The molecule has 10 nitrogen and oxygen atoms in total. The van der Waals surface area contributed by atoms with E-state index in [-0.39, 0.29) is 17.3 Å². The van der Waals surface area contributed by atoms with Crippen LogP contribution in [0.4, 0.5) is 11.6 Å². The van der Waals surface area contributed by atoms with E-state index in [9.17, 15) is 13.2 Å². The molecule has 0 atom stereocenters.